The van der Waals surface area contributed by atoms with E-state index in [9.17, 15) is 5.11 Å². The first kappa shape index (κ1) is 13.6. The van der Waals surface area contributed by atoms with Crippen molar-refractivity contribution in [3.8, 4) is 5.75 Å². The van der Waals surface area contributed by atoms with E-state index in [0.717, 1.165) is 11.1 Å². The Morgan fingerprint density at radius 1 is 1.05 bits per heavy atom. The highest BCUT2D eigenvalue weighted by molar-refractivity contribution is 5.27. The minimum Gasteiger partial charge on any atom is -0.463 e. The van der Waals surface area contributed by atoms with Gasteiger partial charge in [0.25, 0.3) is 0 Å². The van der Waals surface area contributed by atoms with Crippen LogP contribution < -0.4 is 4.74 Å². The van der Waals surface area contributed by atoms with Crippen LogP contribution in [0.4, 0.5) is 0 Å². The molecule has 3 heteroatoms. The average Bonchev–Trinajstić information content (AvgIpc) is 2.40. The van der Waals surface area contributed by atoms with Crippen LogP contribution >= 0.6 is 0 Å². The molecule has 0 radical (unpaired) electrons. The Hall–Kier alpha value is -1.84. The van der Waals surface area contributed by atoms with E-state index in [1.165, 1.54) is 0 Å². The molecule has 0 aliphatic rings. The van der Waals surface area contributed by atoms with Gasteiger partial charge in [-0.2, -0.15) is 0 Å². The van der Waals surface area contributed by atoms with Crippen molar-refractivity contribution in [3.63, 3.8) is 0 Å². The molecule has 3 nitrogen and oxygen atoms in total. The molecule has 2 aromatic carbocycles. The van der Waals surface area contributed by atoms with E-state index in [1.54, 1.807) is 0 Å². The summed E-state index contributed by atoms with van der Waals surface area (Å²) in [7, 11) is 0. The number of aliphatic hydroxyl groups excluding tert-OH is 1. The molecule has 0 aromatic heterocycles. The standard InChI is InChI=1S/C16H18O3/c1-13-6-5-9-15(10-13)19-16(17)12-18-11-14-7-3-2-4-8-14/h2-10,16-17H,11-12H2,1H3/t16-/m1/s1. The highest BCUT2D eigenvalue weighted by Crippen LogP contribution is 2.13. The van der Waals surface area contributed by atoms with Crippen LogP contribution in [0.25, 0.3) is 0 Å². The normalized spacial score (nSPS) is 12.1. The summed E-state index contributed by atoms with van der Waals surface area (Å²) >= 11 is 0. The molecule has 100 valence electrons. The molecule has 0 heterocycles. The third-order valence-corrected chi connectivity index (χ3v) is 2.63. The molecule has 0 bridgehead atoms. The number of hydrogen-bond acceptors (Lipinski definition) is 3. The number of ether oxygens (including phenoxy) is 2. The smallest absolute Gasteiger partial charge is 0.221 e. The Bertz CT molecular complexity index is 496. The van der Waals surface area contributed by atoms with E-state index in [-0.39, 0.29) is 6.61 Å². The van der Waals surface area contributed by atoms with Gasteiger partial charge in [0.2, 0.25) is 6.29 Å². The second kappa shape index (κ2) is 6.92. The molecule has 0 spiro atoms. The first-order valence-corrected chi connectivity index (χ1v) is 6.27. The summed E-state index contributed by atoms with van der Waals surface area (Å²) in [5.74, 6) is 0.649. The minimum atomic E-state index is -0.953. The highest BCUT2D eigenvalue weighted by atomic mass is 16.6. The monoisotopic (exact) mass is 258 g/mol. The molecule has 0 fully saturated rings. The highest BCUT2D eigenvalue weighted by Gasteiger charge is 2.06. The molecular weight excluding hydrogens is 240 g/mol. The van der Waals surface area contributed by atoms with Gasteiger partial charge >= 0.3 is 0 Å². The molecule has 1 atom stereocenters. The number of aliphatic hydroxyl groups is 1. The van der Waals surface area contributed by atoms with Gasteiger partial charge in [0.15, 0.2) is 0 Å². The van der Waals surface area contributed by atoms with E-state index in [0.29, 0.717) is 12.4 Å². The Labute approximate surface area is 113 Å². The Balaban J connectivity index is 1.74. The Morgan fingerprint density at radius 3 is 2.58 bits per heavy atom. The lowest BCUT2D eigenvalue weighted by molar-refractivity contribution is -0.0810. The van der Waals surface area contributed by atoms with E-state index < -0.39 is 6.29 Å². The molecule has 2 rings (SSSR count). The van der Waals surface area contributed by atoms with Crippen molar-refractivity contribution in [1.82, 2.24) is 0 Å². The summed E-state index contributed by atoms with van der Waals surface area (Å²) in [6, 6.07) is 17.4. The van der Waals surface area contributed by atoms with Crippen LogP contribution in [0.5, 0.6) is 5.75 Å². The van der Waals surface area contributed by atoms with E-state index >= 15 is 0 Å². The lowest BCUT2D eigenvalue weighted by Gasteiger charge is -2.14. The fourth-order valence-corrected chi connectivity index (χ4v) is 1.73. The van der Waals surface area contributed by atoms with Gasteiger partial charge in [-0.1, -0.05) is 42.5 Å². The zero-order valence-electron chi connectivity index (χ0n) is 11.0. The molecule has 2 aromatic rings. The van der Waals surface area contributed by atoms with Crippen molar-refractivity contribution in [3.05, 3.63) is 65.7 Å². The summed E-state index contributed by atoms with van der Waals surface area (Å²) < 4.78 is 10.8. The number of aryl methyl sites for hydroxylation is 1. The van der Waals surface area contributed by atoms with Crippen LogP contribution in [0.1, 0.15) is 11.1 Å². The second-order valence-corrected chi connectivity index (χ2v) is 4.39. The van der Waals surface area contributed by atoms with Crippen LogP contribution in [0.15, 0.2) is 54.6 Å². The van der Waals surface area contributed by atoms with Gasteiger partial charge in [0, 0.05) is 0 Å². The minimum absolute atomic E-state index is 0.142. The molecule has 0 aliphatic carbocycles. The third kappa shape index (κ3) is 4.73. The van der Waals surface area contributed by atoms with Gasteiger partial charge in [-0.25, -0.2) is 0 Å². The lowest BCUT2D eigenvalue weighted by atomic mass is 10.2. The third-order valence-electron chi connectivity index (χ3n) is 2.63. The van der Waals surface area contributed by atoms with Gasteiger partial charge < -0.3 is 14.6 Å². The molecule has 0 saturated carbocycles. The zero-order valence-corrected chi connectivity index (χ0v) is 11.0. The number of rotatable bonds is 6. The van der Waals surface area contributed by atoms with Crippen LogP contribution in [0, 0.1) is 6.92 Å². The van der Waals surface area contributed by atoms with E-state index in [2.05, 4.69) is 0 Å². The summed E-state index contributed by atoms with van der Waals surface area (Å²) in [6.45, 7) is 2.59. The van der Waals surface area contributed by atoms with Crippen LogP contribution in [-0.2, 0) is 11.3 Å². The first-order chi connectivity index (χ1) is 9.24. The van der Waals surface area contributed by atoms with Gasteiger partial charge in [0.1, 0.15) is 12.4 Å². The van der Waals surface area contributed by atoms with Crippen LogP contribution in [-0.4, -0.2) is 18.0 Å². The lowest BCUT2D eigenvalue weighted by Crippen LogP contribution is -2.22. The number of benzene rings is 2. The topological polar surface area (TPSA) is 38.7 Å². The molecule has 0 saturated heterocycles. The SMILES string of the molecule is Cc1cccc(O[C@@H](O)COCc2ccccc2)c1. The van der Waals surface area contributed by atoms with Crippen molar-refractivity contribution in [2.45, 2.75) is 19.8 Å². The fourth-order valence-electron chi connectivity index (χ4n) is 1.73. The maximum atomic E-state index is 9.72. The predicted molar refractivity (Wildman–Crippen MR) is 73.9 cm³/mol. The first-order valence-electron chi connectivity index (χ1n) is 6.27. The van der Waals surface area contributed by atoms with Crippen molar-refractivity contribution in [2.75, 3.05) is 6.61 Å². The maximum Gasteiger partial charge on any atom is 0.221 e. The molecule has 1 N–H and O–H groups in total. The van der Waals surface area contributed by atoms with Gasteiger partial charge in [0.05, 0.1) is 6.61 Å². The Kier molecular flexibility index (Phi) is 4.95. The molecule has 0 aliphatic heterocycles. The van der Waals surface area contributed by atoms with E-state index in [4.69, 9.17) is 9.47 Å². The van der Waals surface area contributed by atoms with Gasteiger partial charge in [-0.05, 0) is 30.2 Å². The molecular formula is C16H18O3. The maximum absolute atomic E-state index is 9.72. The molecule has 0 unspecified atom stereocenters. The zero-order chi connectivity index (χ0) is 13.5. The summed E-state index contributed by atoms with van der Waals surface area (Å²) in [5, 5.41) is 9.72. The quantitative estimate of drug-likeness (QED) is 0.810. The second-order valence-electron chi connectivity index (χ2n) is 4.39. The average molecular weight is 258 g/mol. The fraction of sp³-hybridized carbons (Fsp3) is 0.250. The summed E-state index contributed by atoms with van der Waals surface area (Å²) in [5.41, 5.74) is 2.17. The largest absolute Gasteiger partial charge is 0.463 e. The van der Waals surface area contributed by atoms with Crippen molar-refractivity contribution >= 4 is 0 Å². The summed E-state index contributed by atoms with van der Waals surface area (Å²) in [6.07, 6.45) is -0.953. The van der Waals surface area contributed by atoms with Gasteiger partial charge in [-0.15, -0.1) is 0 Å². The van der Waals surface area contributed by atoms with Crippen LogP contribution in [0.2, 0.25) is 0 Å². The van der Waals surface area contributed by atoms with Crippen LogP contribution in [0.3, 0.4) is 0 Å². The predicted octanol–water partition coefficient (Wildman–Crippen LogP) is 2.91. The van der Waals surface area contributed by atoms with Crippen molar-refractivity contribution in [2.24, 2.45) is 0 Å². The van der Waals surface area contributed by atoms with Crippen molar-refractivity contribution < 1.29 is 14.6 Å². The molecule has 19 heavy (non-hydrogen) atoms. The Morgan fingerprint density at radius 2 is 1.84 bits per heavy atom. The number of hydrogen-bond donors (Lipinski definition) is 1. The molecule has 0 amide bonds. The van der Waals surface area contributed by atoms with E-state index in [1.807, 2.05) is 61.5 Å². The van der Waals surface area contributed by atoms with Crippen molar-refractivity contribution in [1.29, 1.82) is 0 Å². The van der Waals surface area contributed by atoms with Gasteiger partial charge in [-0.3, -0.25) is 0 Å². The summed E-state index contributed by atoms with van der Waals surface area (Å²) in [4.78, 5) is 0.